The molecule has 3 heterocycles. The molecule has 2 aliphatic rings. The van der Waals surface area contributed by atoms with E-state index in [0.717, 1.165) is 0 Å². The van der Waals surface area contributed by atoms with Crippen LogP contribution in [-0.4, -0.2) is 67.1 Å². The number of amides is 2. The van der Waals surface area contributed by atoms with Crippen molar-refractivity contribution in [2.45, 2.75) is 12.6 Å². The molecular weight excluding hydrogens is 423 g/mol. The summed E-state index contributed by atoms with van der Waals surface area (Å²) in [4.78, 5) is 40.5. The van der Waals surface area contributed by atoms with Gasteiger partial charge in [0, 0.05) is 27.3 Å². The molecule has 0 saturated heterocycles. The second kappa shape index (κ2) is 8.60. The summed E-state index contributed by atoms with van der Waals surface area (Å²) in [6, 6.07) is 5.55. The second-order valence-electron chi connectivity index (χ2n) is 7.52. The van der Waals surface area contributed by atoms with Gasteiger partial charge >= 0.3 is 0 Å². The lowest BCUT2D eigenvalue weighted by molar-refractivity contribution is 0.0623. The molecular formula is C21H23FN4O6. The summed E-state index contributed by atoms with van der Waals surface area (Å²) in [5.74, 6) is -2.46. The Morgan fingerprint density at radius 1 is 1.25 bits per heavy atom. The van der Waals surface area contributed by atoms with Gasteiger partial charge in [-0.15, -0.1) is 0 Å². The molecule has 11 heteroatoms. The number of halogens is 1. The maximum Gasteiger partial charge on any atom is 0.277 e. The molecule has 0 spiro atoms. The zero-order chi connectivity index (χ0) is 23.0. The van der Waals surface area contributed by atoms with Crippen LogP contribution in [0.5, 0.6) is 5.75 Å². The molecule has 2 aliphatic heterocycles. The van der Waals surface area contributed by atoms with Crippen molar-refractivity contribution in [3.05, 3.63) is 62.8 Å². The quantitative estimate of drug-likeness (QED) is 0.630. The third-order valence-electron chi connectivity index (χ3n) is 5.59. The molecule has 32 heavy (non-hydrogen) atoms. The lowest BCUT2D eigenvalue weighted by Crippen LogP contribution is -2.53. The topological polar surface area (TPSA) is 113 Å². The van der Waals surface area contributed by atoms with Gasteiger partial charge in [0.2, 0.25) is 5.43 Å². The summed E-state index contributed by atoms with van der Waals surface area (Å²) in [7, 11) is 2.95. The zero-order valence-corrected chi connectivity index (χ0v) is 17.6. The van der Waals surface area contributed by atoms with Gasteiger partial charge in [-0.2, -0.15) is 0 Å². The van der Waals surface area contributed by atoms with Crippen LogP contribution in [-0.2, 0) is 16.0 Å². The van der Waals surface area contributed by atoms with Crippen LogP contribution in [0.1, 0.15) is 38.2 Å². The Morgan fingerprint density at radius 3 is 2.62 bits per heavy atom. The molecule has 4 rings (SSSR count). The molecule has 1 unspecified atom stereocenters. The fourth-order valence-electron chi connectivity index (χ4n) is 4.00. The van der Waals surface area contributed by atoms with E-state index in [2.05, 4.69) is 5.32 Å². The van der Waals surface area contributed by atoms with E-state index in [-0.39, 0.29) is 49.9 Å². The number of carbonyl (C=O) groups excluding carboxylic acids is 2. The highest BCUT2D eigenvalue weighted by atomic mass is 19.1. The first-order valence-corrected chi connectivity index (χ1v) is 9.98. The smallest absolute Gasteiger partial charge is 0.277 e. The third kappa shape index (κ3) is 3.59. The molecule has 1 atom stereocenters. The van der Waals surface area contributed by atoms with E-state index in [1.807, 2.05) is 0 Å². The SMILES string of the molecule is COCCN1CN2CC(OC)c3c(C(=O)NCc4ccc(F)cc4)c(=O)c(O)c(n32)C1=O. The Balaban J connectivity index is 1.73. The monoisotopic (exact) mass is 446 g/mol. The molecule has 0 saturated carbocycles. The summed E-state index contributed by atoms with van der Waals surface area (Å²) < 4.78 is 25.1. The number of rotatable bonds is 7. The van der Waals surface area contributed by atoms with Crippen molar-refractivity contribution in [3.8, 4) is 5.75 Å². The summed E-state index contributed by atoms with van der Waals surface area (Å²) >= 11 is 0. The van der Waals surface area contributed by atoms with Crippen LogP contribution in [0.4, 0.5) is 4.39 Å². The number of aromatic nitrogens is 1. The first-order chi connectivity index (χ1) is 15.4. The van der Waals surface area contributed by atoms with E-state index in [0.29, 0.717) is 5.56 Å². The van der Waals surface area contributed by atoms with E-state index in [9.17, 15) is 23.9 Å². The summed E-state index contributed by atoms with van der Waals surface area (Å²) in [6.07, 6.45) is -0.663. The number of hydrogen-bond acceptors (Lipinski definition) is 7. The molecule has 2 amide bonds. The summed E-state index contributed by atoms with van der Waals surface area (Å²) in [5, 5.41) is 15.0. The maximum absolute atomic E-state index is 13.1. The van der Waals surface area contributed by atoms with Crippen LogP contribution in [0.25, 0.3) is 0 Å². The number of carbonyl (C=O) groups is 2. The minimum atomic E-state index is -0.950. The highest BCUT2D eigenvalue weighted by Crippen LogP contribution is 2.34. The second-order valence-corrected chi connectivity index (χ2v) is 7.52. The molecule has 10 nitrogen and oxygen atoms in total. The van der Waals surface area contributed by atoms with Crippen LogP contribution < -0.4 is 15.8 Å². The standard InChI is InChI=1S/C21H23FN4O6/c1-31-8-7-24-11-25-10-14(32-2)16-15(18(27)19(28)17(21(24)30)26(16)25)20(29)23-9-12-3-5-13(22)6-4-12/h3-6,14,28H,7-11H2,1-2H3,(H,23,29). The predicted molar refractivity (Wildman–Crippen MR) is 111 cm³/mol. The highest BCUT2D eigenvalue weighted by molar-refractivity contribution is 6.00. The average Bonchev–Trinajstić information content (AvgIpc) is 3.14. The van der Waals surface area contributed by atoms with E-state index < -0.39 is 34.9 Å². The minimum Gasteiger partial charge on any atom is -0.502 e. The van der Waals surface area contributed by atoms with Crippen molar-refractivity contribution in [1.29, 1.82) is 0 Å². The van der Waals surface area contributed by atoms with Crippen molar-refractivity contribution in [3.63, 3.8) is 0 Å². The lowest BCUT2D eigenvalue weighted by atomic mass is 10.1. The summed E-state index contributed by atoms with van der Waals surface area (Å²) in [5.41, 5.74) is -0.606. The number of aromatic hydroxyl groups is 1. The number of hydrogen-bond donors (Lipinski definition) is 2. The van der Waals surface area contributed by atoms with Gasteiger partial charge in [-0.3, -0.25) is 19.4 Å². The van der Waals surface area contributed by atoms with Crippen LogP contribution in [0, 0.1) is 5.82 Å². The Hall–Kier alpha value is -3.44. The van der Waals surface area contributed by atoms with Crippen LogP contribution in [0.2, 0.25) is 0 Å². The van der Waals surface area contributed by atoms with Crippen molar-refractivity contribution >= 4 is 11.8 Å². The third-order valence-corrected chi connectivity index (χ3v) is 5.59. The number of methoxy groups -OCH3 is 2. The van der Waals surface area contributed by atoms with Crippen molar-refractivity contribution < 1.29 is 28.6 Å². The largest absolute Gasteiger partial charge is 0.502 e. The maximum atomic E-state index is 13.1. The van der Waals surface area contributed by atoms with E-state index in [1.54, 1.807) is 5.01 Å². The molecule has 1 aromatic carbocycles. The lowest BCUT2D eigenvalue weighted by Gasteiger charge is -2.37. The molecule has 2 aromatic rings. The Morgan fingerprint density at radius 2 is 1.97 bits per heavy atom. The van der Waals surface area contributed by atoms with Gasteiger partial charge in [0.1, 0.15) is 24.2 Å². The van der Waals surface area contributed by atoms with Crippen LogP contribution >= 0.6 is 0 Å². The highest BCUT2D eigenvalue weighted by Gasteiger charge is 2.44. The van der Waals surface area contributed by atoms with Crippen LogP contribution in [0.15, 0.2) is 29.1 Å². The molecule has 1 aromatic heterocycles. The molecule has 2 N–H and O–H groups in total. The Bertz CT molecular complexity index is 1120. The molecule has 170 valence electrons. The van der Waals surface area contributed by atoms with Crippen LogP contribution in [0.3, 0.4) is 0 Å². The van der Waals surface area contributed by atoms with Gasteiger partial charge in [-0.05, 0) is 17.7 Å². The van der Waals surface area contributed by atoms with E-state index in [1.165, 1.54) is 48.1 Å². The number of ether oxygens (including phenoxy) is 2. The van der Waals surface area contributed by atoms with Gasteiger partial charge in [0.25, 0.3) is 11.8 Å². The Labute approximate surface area is 182 Å². The van der Waals surface area contributed by atoms with Gasteiger partial charge in [0.05, 0.1) is 18.8 Å². The number of nitrogens with zero attached hydrogens (tertiary/aromatic N) is 3. The van der Waals surface area contributed by atoms with E-state index in [4.69, 9.17) is 9.47 Å². The first kappa shape index (κ1) is 21.8. The van der Waals surface area contributed by atoms with Crippen molar-refractivity contribution in [2.75, 3.05) is 45.6 Å². The molecule has 0 radical (unpaired) electrons. The van der Waals surface area contributed by atoms with Gasteiger partial charge in [-0.1, -0.05) is 12.1 Å². The Kier molecular flexibility index (Phi) is 5.85. The first-order valence-electron chi connectivity index (χ1n) is 9.98. The van der Waals surface area contributed by atoms with Gasteiger partial charge < -0.3 is 24.8 Å². The number of nitrogens with one attached hydrogen (secondary N) is 1. The summed E-state index contributed by atoms with van der Waals surface area (Å²) in [6.45, 7) is 1.06. The fourth-order valence-corrected chi connectivity index (χ4v) is 4.00. The predicted octanol–water partition coefficient (Wildman–Crippen LogP) is 0.322. The minimum absolute atomic E-state index is 0.0472. The zero-order valence-electron chi connectivity index (χ0n) is 17.6. The molecule has 0 fully saturated rings. The molecule has 0 bridgehead atoms. The number of pyridine rings is 1. The van der Waals surface area contributed by atoms with Gasteiger partial charge in [0.15, 0.2) is 11.4 Å². The fraction of sp³-hybridized carbons (Fsp3) is 0.381. The number of benzene rings is 1. The van der Waals surface area contributed by atoms with E-state index >= 15 is 0 Å². The van der Waals surface area contributed by atoms with Crippen molar-refractivity contribution in [1.82, 2.24) is 14.9 Å². The normalized spacial score (nSPS) is 17.0. The molecule has 0 aliphatic carbocycles. The van der Waals surface area contributed by atoms with Crippen molar-refractivity contribution in [2.24, 2.45) is 0 Å². The average molecular weight is 446 g/mol. The van der Waals surface area contributed by atoms with Gasteiger partial charge in [-0.25, -0.2) is 9.07 Å².